The van der Waals surface area contributed by atoms with Gasteiger partial charge in [-0.15, -0.1) is 11.8 Å². The number of benzene rings is 2. The molecule has 2 aromatic carbocycles. The van der Waals surface area contributed by atoms with Gasteiger partial charge in [0.15, 0.2) is 5.82 Å². The van der Waals surface area contributed by atoms with Gasteiger partial charge < -0.3 is 19.5 Å². The Balaban J connectivity index is 1.69. The summed E-state index contributed by atoms with van der Waals surface area (Å²) in [6, 6.07) is 17.4. The third kappa shape index (κ3) is 6.87. The first-order valence-electron chi connectivity index (χ1n) is 11.2. The molecule has 0 aliphatic rings. The number of carbonyl (C=O) groups is 2. The lowest BCUT2D eigenvalue weighted by molar-refractivity contribution is -0.116. The Morgan fingerprint density at radius 2 is 1.76 bits per heavy atom. The van der Waals surface area contributed by atoms with Crippen molar-refractivity contribution in [3.05, 3.63) is 71.5 Å². The highest BCUT2D eigenvalue weighted by Gasteiger charge is 2.21. The van der Waals surface area contributed by atoms with Crippen LogP contribution in [0.5, 0.6) is 5.75 Å². The van der Waals surface area contributed by atoms with Crippen molar-refractivity contribution in [1.82, 2.24) is 5.16 Å². The molecule has 180 valence electrons. The number of thioether (sulfide) groups is 1. The molecule has 1 heterocycles. The van der Waals surface area contributed by atoms with Crippen molar-refractivity contribution in [2.75, 3.05) is 23.1 Å². The van der Waals surface area contributed by atoms with Crippen molar-refractivity contribution in [2.45, 2.75) is 45.4 Å². The predicted octanol–water partition coefficient (Wildman–Crippen LogP) is 5.41. The topological polar surface area (TPSA) is 84.7 Å². The van der Waals surface area contributed by atoms with Crippen molar-refractivity contribution in [2.24, 2.45) is 0 Å². The fourth-order valence-corrected chi connectivity index (χ4v) is 4.04. The zero-order valence-corrected chi connectivity index (χ0v) is 21.0. The van der Waals surface area contributed by atoms with Crippen LogP contribution >= 0.6 is 11.8 Å². The second-order valence-electron chi connectivity index (χ2n) is 8.34. The van der Waals surface area contributed by atoms with Gasteiger partial charge in [0.2, 0.25) is 11.8 Å². The highest BCUT2D eigenvalue weighted by molar-refractivity contribution is 8.01. The van der Waals surface area contributed by atoms with E-state index in [1.54, 1.807) is 31.9 Å². The molecule has 1 unspecified atom stereocenters. The van der Waals surface area contributed by atoms with E-state index in [1.807, 2.05) is 24.3 Å². The second kappa shape index (κ2) is 11.7. The van der Waals surface area contributed by atoms with Crippen molar-refractivity contribution in [1.29, 1.82) is 0 Å². The molecule has 7 nitrogen and oxygen atoms in total. The van der Waals surface area contributed by atoms with Gasteiger partial charge in [0.1, 0.15) is 11.5 Å². The normalized spacial score (nSPS) is 11.8. The zero-order valence-electron chi connectivity index (χ0n) is 20.2. The highest BCUT2D eigenvalue weighted by atomic mass is 32.2. The van der Waals surface area contributed by atoms with Gasteiger partial charge in [0, 0.05) is 11.8 Å². The van der Waals surface area contributed by atoms with Crippen LogP contribution in [0.4, 0.5) is 11.5 Å². The maximum atomic E-state index is 13.3. The predicted molar refractivity (Wildman–Crippen MR) is 137 cm³/mol. The van der Waals surface area contributed by atoms with Crippen molar-refractivity contribution in [3.63, 3.8) is 0 Å². The maximum absolute atomic E-state index is 13.3. The first kappa shape index (κ1) is 25.4. The van der Waals surface area contributed by atoms with Gasteiger partial charge in [-0.1, -0.05) is 43.3 Å². The number of amides is 2. The molecule has 0 spiro atoms. The Morgan fingerprint density at radius 1 is 1.09 bits per heavy atom. The summed E-state index contributed by atoms with van der Waals surface area (Å²) in [6.45, 7) is 8.26. The molecule has 34 heavy (non-hydrogen) atoms. The van der Waals surface area contributed by atoms with E-state index in [2.05, 4.69) is 48.6 Å². The van der Waals surface area contributed by atoms with Gasteiger partial charge in [0.25, 0.3) is 0 Å². The van der Waals surface area contributed by atoms with Crippen LogP contribution in [0.3, 0.4) is 0 Å². The summed E-state index contributed by atoms with van der Waals surface area (Å²) >= 11 is 1.28. The minimum atomic E-state index is -0.441. The number of anilines is 2. The van der Waals surface area contributed by atoms with Crippen LogP contribution in [-0.4, -0.2) is 35.1 Å². The Hall–Kier alpha value is -3.26. The molecule has 0 aliphatic heterocycles. The Kier molecular flexibility index (Phi) is 8.76. The summed E-state index contributed by atoms with van der Waals surface area (Å²) in [7, 11) is 1.61. The molecule has 1 aromatic heterocycles. The quantitative estimate of drug-likeness (QED) is 0.417. The van der Waals surface area contributed by atoms with Gasteiger partial charge in [-0.25, -0.2) is 0 Å². The summed E-state index contributed by atoms with van der Waals surface area (Å²) < 4.78 is 10.2. The summed E-state index contributed by atoms with van der Waals surface area (Å²) in [5.41, 5.74) is 3.06. The lowest BCUT2D eigenvalue weighted by atomic mass is 10.0. The van der Waals surface area contributed by atoms with E-state index in [4.69, 9.17) is 9.26 Å². The number of ether oxygens (including phenoxy) is 1. The number of hydrogen-bond acceptors (Lipinski definition) is 6. The molecule has 3 rings (SSSR count). The molecule has 1 atom stereocenters. The van der Waals surface area contributed by atoms with E-state index in [-0.39, 0.29) is 17.6 Å². The highest BCUT2D eigenvalue weighted by Crippen LogP contribution is 2.24. The van der Waals surface area contributed by atoms with Gasteiger partial charge in [-0.05, 0) is 55.2 Å². The van der Waals surface area contributed by atoms with Gasteiger partial charge in [-0.2, -0.15) is 0 Å². The van der Waals surface area contributed by atoms with Crippen molar-refractivity contribution < 1.29 is 18.8 Å². The van der Waals surface area contributed by atoms with Crippen molar-refractivity contribution >= 4 is 35.1 Å². The molecule has 2 amide bonds. The van der Waals surface area contributed by atoms with Gasteiger partial charge >= 0.3 is 0 Å². The molecule has 0 fully saturated rings. The van der Waals surface area contributed by atoms with Crippen LogP contribution in [0.25, 0.3) is 0 Å². The van der Waals surface area contributed by atoms with Crippen molar-refractivity contribution in [3.8, 4) is 5.75 Å². The van der Waals surface area contributed by atoms with E-state index < -0.39 is 5.25 Å². The van der Waals surface area contributed by atoms with E-state index in [1.165, 1.54) is 17.3 Å². The van der Waals surface area contributed by atoms with Crippen LogP contribution in [0, 0.1) is 6.92 Å². The zero-order chi connectivity index (χ0) is 24.7. The smallest absolute Gasteiger partial charge is 0.238 e. The molecule has 1 N–H and O–H groups in total. The molecular weight excluding hydrogens is 450 g/mol. The molecule has 0 aliphatic carbocycles. The number of rotatable bonds is 10. The summed E-state index contributed by atoms with van der Waals surface area (Å²) in [6.07, 6.45) is 0. The molecule has 8 heteroatoms. The number of nitrogens with one attached hydrogen (secondary N) is 1. The molecular formula is C26H31N3O4S. The number of nitrogens with zero attached hydrogens (tertiary/aromatic N) is 2. The Bertz CT molecular complexity index is 1090. The third-order valence-electron chi connectivity index (χ3n) is 5.38. The van der Waals surface area contributed by atoms with E-state index in [9.17, 15) is 9.59 Å². The Labute approximate surface area is 204 Å². The first-order chi connectivity index (χ1) is 16.3. The van der Waals surface area contributed by atoms with Crippen LogP contribution in [0.15, 0.2) is 59.1 Å². The largest absolute Gasteiger partial charge is 0.497 e. The number of methoxy groups -OCH3 is 1. The molecule has 3 aromatic rings. The number of aromatic nitrogens is 1. The Morgan fingerprint density at radius 3 is 2.32 bits per heavy atom. The minimum Gasteiger partial charge on any atom is -0.497 e. The monoisotopic (exact) mass is 481 g/mol. The number of aryl methyl sites for hydroxylation is 1. The summed E-state index contributed by atoms with van der Waals surface area (Å²) in [5, 5.41) is 6.05. The van der Waals surface area contributed by atoms with E-state index in [0.717, 1.165) is 17.0 Å². The first-order valence-corrected chi connectivity index (χ1v) is 12.2. The number of hydrogen-bond donors (Lipinski definition) is 1. The van der Waals surface area contributed by atoms with Crippen LogP contribution in [0.2, 0.25) is 0 Å². The van der Waals surface area contributed by atoms with E-state index >= 15 is 0 Å². The standard InChI is InChI=1S/C26H31N3O4S/c1-17(2)21-8-6-20(7-9-21)15-29(22-10-12-23(32-5)13-11-22)25(30)16-34-19(4)26(31)27-24-14-18(3)33-28-24/h6-14,17,19H,15-16H2,1-5H3,(H,27,28,31). The lowest BCUT2D eigenvalue weighted by Gasteiger charge is -2.24. The second-order valence-corrected chi connectivity index (χ2v) is 9.67. The minimum absolute atomic E-state index is 0.0833. The molecule has 0 radical (unpaired) electrons. The maximum Gasteiger partial charge on any atom is 0.238 e. The average molecular weight is 482 g/mol. The summed E-state index contributed by atoms with van der Waals surface area (Å²) in [5.74, 6) is 1.99. The lowest BCUT2D eigenvalue weighted by Crippen LogP contribution is -2.33. The fourth-order valence-electron chi connectivity index (χ4n) is 3.28. The van der Waals surface area contributed by atoms with Gasteiger partial charge in [0.05, 0.1) is 24.7 Å². The number of carbonyl (C=O) groups excluding carboxylic acids is 2. The molecule has 0 bridgehead atoms. The molecule has 0 saturated heterocycles. The molecule has 0 saturated carbocycles. The van der Waals surface area contributed by atoms with Crippen LogP contribution in [0.1, 0.15) is 43.6 Å². The average Bonchev–Trinajstić information content (AvgIpc) is 3.25. The summed E-state index contributed by atoms with van der Waals surface area (Å²) in [4.78, 5) is 27.5. The van der Waals surface area contributed by atoms with Crippen LogP contribution < -0.4 is 15.0 Å². The third-order valence-corrected chi connectivity index (χ3v) is 6.51. The SMILES string of the molecule is COc1ccc(N(Cc2ccc(C(C)C)cc2)C(=O)CSC(C)C(=O)Nc2cc(C)on2)cc1. The van der Waals surface area contributed by atoms with Gasteiger partial charge in [-0.3, -0.25) is 9.59 Å². The van der Waals surface area contributed by atoms with E-state index in [0.29, 0.717) is 24.0 Å². The fraction of sp³-hybridized carbons (Fsp3) is 0.346. The van der Waals surface area contributed by atoms with Crippen LogP contribution in [-0.2, 0) is 16.1 Å².